The topological polar surface area (TPSA) is 75.3 Å². The molecular weight excluding hydrogens is 216 g/mol. The molecule has 0 aliphatic heterocycles. The minimum absolute atomic E-state index is 0.135. The number of carbonyl (C=O) groups excluding carboxylic acids is 1. The fraction of sp³-hybridized carbons (Fsp3) is 0.462. The highest BCUT2D eigenvalue weighted by Crippen LogP contribution is 2.18. The first-order valence-electron chi connectivity index (χ1n) is 5.57. The molecule has 0 bridgehead atoms. The molecule has 0 fully saturated rings. The Hall–Kier alpha value is -1.39. The molecule has 0 saturated heterocycles. The predicted octanol–water partition coefficient (Wildman–Crippen LogP) is 0.748. The molecular formula is C13H20N2O2. The Morgan fingerprint density at radius 3 is 2.29 bits per heavy atom. The number of hydrogen-bond acceptors (Lipinski definition) is 3. The first kappa shape index (κ1) is 13.7. The minimum atomic E-state index is -1.10. The number of aliphatic hydroxyl groups is 1. The first-order chi connectivity index (χ1) is 7.79. The lowest BCUT2D eigenvalue weighted by Gasteiger charge is -2.30. The van der Waals surface area contributed by atoms with E-state index in [4.69, 9.17) is 10.8 Å². The number of amides is 1. The van der Waals surface area contributed by atoms with Crippen LogP contribution in [0.4, 0.5) is 0 Å². The SMILES string of the molecule is CC(C)(CO)NC(=O)C(C)(N)c1ccccc1. The van der Waals surface area contributed by atoms with Gasteiger partial charge in [-0.1, -0.05) is 30.3 Å². The molecule has 0 radical (unpaired) electrons. The summed E-state index contributed by atoms with van der Waals surface area (Å²) in [5.41, 5.74) is 5.01. The third kappa shape index (κ3) is 3.28. The summed E-state index contributed by atoms with van der Waals surface area (Å²) >= 11 is 0. The lowest BCUT2D eigenvalue weighted by atomic mass is 9.91. The van der Waals surface area contributed by atoms with Crippen molar-refractivity contribution in [3.63, 3.8) is 0 Å². The van der Waals surface area contributed by atoms with E-state index in [1.807, 2.05) is 30.3 Å². The van der Waals surface area contributed by atoms with Gasteiger partial charge in [0.15, 0.2) is 0 Å². The van der Waals surface area contributed by atoms with Crippen LogP contribution in [0.2, 0.25) is 0 Å². The normalized spacial score (nSPS) is 15.1. The molecule has 1 aromatic rings. The van der Waals surface area contributed by atoms with Gasteiger partial charge in [0, 0.05) is 0 Å². The Morgan fingerprint density at radius 1 is 1.29 bits per heavy atom. The van der Waals surface area contributed by atoms with Crippen LogP contribution in [0.25, 0.3) is 0 Å². The van der Waals surface area contributed by atoms with Gasteiger partial charge in [-0.25, -0.2) is 0 Å². The molecule has 0 saturated carbocycles. The van der Waals surface area contributed by atoms with Crippen molar-refractivity contribution in [3.8, 4) is 0 Å². The standard InChI is InChI=1S/C13H20N2O2/c1-12(2,9-16)15-11(17)13(3,14)10-7-5-4-6-8-10/h4-8,16H,9,14H2,1-3H3,(H,15,17). The minimum Gasteiger partial charge on any atom is -0.394 e. The summed E-state index contributed by atoms with van der Waals surface area (Å²) in [4.78, 5) is 12.1. The van der Waals surface area contributed by atoms with E-state index in [0.29, 0.717) is 0 Å². The van der Waals surface area contributed by atoms with Crippen molar-refractivity contribution in [1.82, 2.24) is 5.32 Å². The van der Waals surface area contributed by atoms with Crippen LogP contribution in [0.15, 0.2) is 30.3 Å². The number of benzene rings is 1. The van der Waals surface area contributed by atoms with E-state index in [0.717, 1.165) is 5.56 Å². The average molecular weight is 236 g/mol. The Bertz CT molecular complexity index is 386. The van der Waals surface area contributed by atoms with E-state index in [-0.39, 0.29) is 12.5 Å². The molecule has 1 rings (SSSR count). The van der Waals surface area contributed by atoms with Crippen LogP contribution in [0.5, 0.6) is 0 Å². The maximum absolute atomic E-state index is 12.1. The summed E-state index contributed by atoms with van der Waals surface area (Å²) in [6.45, 7) is 5.01. The quantitative estimate of drug-likeness (QED) is 0.722. The molecule has 0 aliphatic carbocycles. The molecule has 17 heavy (non-hydrogen) atoms. The summed E-state index contributed by atoms with van der Waals surface area (Å²) in [5, 5.41) is 11.9. The van der Waals surface area contributed by atoms with Crippen LogP contribution in [0, 0.1) is 0 Å². The van der Waals surface area contributed by atoms with Gasteiger partial charge in [0.05, 0.1) is 12.1 Å². The van der Waals surface area contributed by atoms with Crippen molar-refractivity contribution in [1.29, 1.82) is 0 Å². The average Bonchev–Trinajstić information content (AvgIpc) is 2.29. The van der Waals surface area contributed by atoms with E-state index < -0.39 is 11.1 Å². The van der Waals surface area contributed by atoms with Crippen LogP contribution >= 0.6 is 0 Å². The fourth-order valence-corrected chi connectivity index (χ4v) is 1.39. The summed E-state index contributed by atoms with van der Waals surface area (Å²) in [7, 11) is 0. The molecule has 1 atom stereocenters. The van der Waals surface area contributed by atoms with E-state index in [9.17, 15) is 4.79 Å². The number of carbonyl (C=O) groups is 1. The maximum atomic E-state index is 12.1. The Balaban J connectivity index is 2.88. The molecule has 94 valence electrons. The van der Waals surface area contributed by atoms with Gasteiger partial charge in [0.1, 0.15) is 5.54 Å². The fourth-order valence-electron chi connectivity index (χ4n) is 1.39. The van der Waals surface area contributed by atoms with E-state index in [2.05, 4.69) is 5.32 Å². The zero-order valence-corrected chi connectivity index (χ0v) is 10.5. The summed E-state index contributed by atoms with van der Waals surface area (Å²) in [6, 6.07) is 9.17. The largest absolute Gasteiger partial charge is 0.394 e. The highest BCUT2D eigenvalue weighted by atomic mass is 16.3. The zero-order valence-electron chi connectivity index (χ0n) is 10.5. The van der Waals surface area contributed by atoms with E-state index in [1.165, 1.54) is 0 Å². The van der Waals surface area contributed by atoms with Crippen molar-refractivity contribution in [3.05, 3.63) is 35.9 Å². The molecule has 4 nitrogen and oxygen atoms in total. The Kier molecular flexibility index (Phi) is 3.91. The predicted molar refractivity (Wildman–Crippen MR) is 67.3 cm³/mol. The lowest BCUT2D eigenvalue weighted by Crippen LogP contribution is -2.56. The number of hydrogen-bond donors (Lipinski definition) is 3. The lowest BCUT2D eigenvalue weighted by molar-refractivity contribution is -0.128. The molecule has 0 aromatic heterocycles. The van der Waals surface area contributed by atoms with Gasteiger partial charge >= 0.3 is 0 Å². The smallest absolute Gasteiger partial charge is 0.244 e. The number of aliphatic hydroxyl groups excluding tert-OH is 1. The van der Waals surface area contributed by atoms with Crippen molar-refractivity contribution in [2.24, 2.45) is 5.73 Å². The van der Waals surface area contributed by atoms with E-state index in [1.54, 1.807) is 20.8 Å². The molecule has 1 unspecified atom stereocenters. The monoisotopic (exact) mass is 236 g/mol. The van der Waals surface area contributed by atoms with Gasteiger partial charge in [-0.15, -0.1) is 0 Å². The van der Waals surface area contributed by atoms with E-state index >= 15 is 0 Å². The Labute approximate surface area is 102 Å². The molecule has 4 heteroatoms. The number of rotatable bonds is 4. The van der Waals surface area contributed by atoms with Gasteiger partial charge in [0.25, 0.3) is 0 Å². The van der Waals surface area contributed by atoms with Gasteiger partial charge in [0.2, 0.25) is 5.91 Å². The van der Waals surface area contributed by atoms with Gasteiger partial charge in [-0.2, -0.15) is 0 Å². The second-order valence-corrected chi connectivity index (χ2v) is 5.06. The van der Waals surface area contributed by atoms with Crippen molar-refractivity contribution < 1.29 is 9.90 Å². The maximum Gasteiger partial charge on any atom is 0.244 e. The third-order valence-corrected chi connectivity index (χ3v) is 2.69. The Morgan fingerprint density at radius 2 is 1.82 bits per heavy atom. The van der Waals surface area contributed by atoms with Crippen LogP contribution in [0.1, 0.15) is 26.3 Å². The second-order valence-electron chi connectivity index (χ2n) is 5.06. The number of nitrogens with one attached hydrogen (secondary N) is 1. The van der Waals surface area contributed by atoms with Crippen molar-refractivity contribution >= 4 is 5.91 Å². The van der Waals surface area contributed by atoms with Gasteiger partial charge in [-0.05, 0) is 26.3 Å². The molecule has 1 aromatic carbocycles. The second kappa shape index (κ2) is 4.85. The summed E-state index contributed by atoms with van der Waals surface area (Å²) in [6.07, 6.45) is 0. The van der Waals surface area contributed by atoms with Gasteiger partial charge < -0.3 is 16.2 Å². The molecule has 1 amide bonds. The summed E-state index contributed by atoms with van der Waals surface area (Å²) in [5.74, 6) is -0.303. The van der Waals surface area contributed by atoms with Crippen LogP contribution in [0.3, 0.4) is 0 Å². The zero-order chi connectivity index (χ0) is 13.1. The van der Waals surface area contributed by atoms with Crippen molar-refractivity contribution in [2.75, 3.05) is 6.61 Å². The van der Waals surface area contributed by atoms with Crippen LogP contribution in [-0.2, 0) is 10.3 Å². The molecule has 0 heterocycles. The number of nitrogens with two attached hydrogens (primary N) is 1. The van der Waals surface area contributed by atoms with Crippen LogP contribution in [-0.4, -0.2) is 23.2 Å². The highest BCUT2D eigenvalue weighted by Gasteiger charge is 2.33. The van der Waals surface area contributed by atoms with Gasteiger partial charge in [-0.3, -0.25) is 4.79 Å². The highest BCUT2D eigenvalue weighted by molar-refractivity contribution is 5.87. The van der Waals surface area contributed by atoms with Crippen molar-refractivity contribution in [2.45, 2.75) is 31.8 Å². The molecule has 4 N–H and O–H groups in total. The van der Waals surface area contributed by atoms with Crippen LogP contribution < -0.4 is 11.1 Å². The molecule has 0 spiro atoms. The molecule has 0 aliphatic rings. The third-order valence-electron chi connectivity index (χ3n) is 2.69. The first-order valence-corrected chi connectivity index (χ1v) is 5.57. The summed E-state index contributed by atoms with van der Waals surface area (Å²) < 4.78 is 0.